The zero-order valence-electron chi connectivity index (χ0n) is 21.7. The number of nitrogens with one attached hydrogen (secondary N) is 3. The van der Waals surface area contributed by atoms with Crippen LogP contribution in [0.15, 0.2) is 78.1 Å². The van der Waals surface area contributed by atoms with Crippen LogP contribution in [0, 0.1) is 11.8 Å². The summed E-state index contributed by atoms with van der Waals surface area (Å²) < 4.78 is 28.3. The van der Waals surface area contributed by atoms with Crippen molar-refractivity contribution in [1.29, 1.82) is 0 Å². The Labute approximate surface area is 229 Å². The van der Waals surface area contributed by atoms with E-state index in [9.17, 15) is 18.0 Å². The van der Waals surface area contributed by atoms with Crippen molar-refractivity contribution in [3.8, 4) is 17.5 Å². The van der Waals surface area contributed by atoms with Gasteiger partial charge in [0.05, 0.1) is 30.4 Å². The largest absolute Gasteiger partial charge is 0.369 e. The Bertz CT molecular complexity index is 1990. The van der Waals surface area contributed by atoms with Gasteiger partial charge >= 0.3 is 0 Å². The molecule has 1 amide bonds. The van der Waals surface area contributed by atoms with E-state index in [0.29, 0.717) is 33.4 Å². The average Bonchev–Trinajstić information content (AvgIpc) is 3.39. The van der Waals surface area contributed by atoms with E-state index in [1.54, 1.807) is 58.6 Å². The van der Waals surface area contributed by atoms with E-state index in [1.165, 1.54) is 6.33 Å². The average molecular weight is 557 g/mol. The fourth-order valence-corrected chi connectivity index (χ4v) is 4.81. The predicted molar refractivity (Wildman–Crippen MR) is 151 cm³/mol. The summed E-state index contributed by atoms with van der Waals surface area (Å²) in [5, 5.41) is 3.96. The summed E-state index contributed by atoms with van der Waals surface area (Å²) in [4.78, 5) is 34.6. The fraction of sp³-hybridized carbons (Fsp3) is 0.143. The summed E-state index contributed by atoms with van der Waals surface area (Å²) in [6.45, 7) is 1.69. The molecule has 0 radical (unpaired) electrons. The van der Waals surface area contributed by atoms with E-state index in [-0.39, 0.29) is 23.5 Å². The molecule has 0 saturated carbocycles. The third-order valence-corrected chi connectivity index (χ3v) is 6.95. The maximum absolute atomic E-state index is 14.0. The first-order valence-corrected chi connectivity index (χ1v) is 14.1. The van der Waals surface area contributed by atoms with Crippen molar-refractivity contribution < 1.29 is 17.6 Å². The quantitative estimate of drug-likeness (QED) is 0.183. The lowest BCUT2D eigenvalue weighted by Gasteiger charge is -2.21. The van der Waals surface area contributed by atoms with Gasteiger partial charge in [0.2, 0.25) is 27.8 Å². The molecule has 0 spiro atoms. The molecule has 3 heterocycles. The highest BCUT2D eigenvalue weighted by molar-refractivity contribution is 7.88. The zero-order chi connectivity index (χ0) is 28.4. The number of H-pyrrole nitrogens is 1. The van der Waals surface area contributed by atoms with Gasteiger partial charge in [-0.1, -0.05) is 47.2 Å². The van der Waals surface area contributed by atoms with Gasteiger partial charge in [0.25, 0.3) is 11.5 Å². The Kier molecular flexibility index (Phi) is 7.08. The number of aromatic amines is 1. The van der Waals surface area contributed by atoms with E-state index >= 15 is 0 Å². The van der Waals surface area contributed by atoms with E-state index in [1.807, 2.05) is 24.3 Å². The molecular weight excluding hydrogens is 530 g/mol. The molecule has 2 aromatic carbocycles. The Balaban J connectivity index is 1.61. The maximum atomic E-state index is 14.0. The van der Waals surface area contributed by atoms with E-state index < -0.39 is 22.0 Å². The molecule has 0 bridgehead atoms. The number of imidazole rings is 1. The van der Waals surface area contributed by atoms with Gasteiger partial charge in [-0.25, -0.2) is 17.5 Å². The van der Waals surface area contributed by atoms with E-state index in [0.717, 1.165) is 6.26 Å². The van der Waals surface area contributed by atoms with Crippen LogP contribution >= 0.6 is 0 Å². The third-order valence-electron chi connectivity index (χ3n) is 6.28. The van der Waals surface area contributed by atoms with Crippen LogP contribution in [0.1, 0.15) is 34.6 Å². The van der Waals surface area contributed by atoms with Gasteiger partial charge in [-0.2, -0.15) is 0 Å². The number of rotatable bonds is 6. The molecule has 1 unspecified atom stereocenters. The first-order valence-electron chi connectivity index (χ1n) is 12.3. The number of carbonyl (C=O) groups is 1. The number of pyridine rings is 1. The molecule has 0 aliphatic carbocycles. The molecule has 3 aromatic heterocycles. The molecule has 11 nitrogen and oxygen atoms in total. The van der Waals surface area contributed by atoms with Gasteiger partial charge in [-0.3, -0.25) is 19.1 Å². The van der Waals surface area contributed by atoms with Gasteiger partial charge in [-0.05, 0) is 36.6 Å². The standard InChI is InChI=1S/C28H25N7O4S/c1-18(33-27(36)24-25(29)31-17-34-15-14-30-26(24)34)22-16-20-9-6-8-19(10-7-13-32-40(2,38)39)23(20)28(37)35(22)21-11-4-3-5-12-21/h3-6,8-9,11-12,14-18,32H,13H2,1-2H3,(H3,29,30,33,36)/p+1. The Morgan fingerprint density at radius 3 is 2.73 bits per heavy atom. The predicted octanol–water partition coefficient (Wildman–Crippen LogP) is 1.43. The summed E-state index contributed by atoms with van der Waals surface area (Å²) in [7, 11) is -3.40. The van der Waals surface area contributed by atoms with Crippen molar-refractivity contribution in [2.75, 3.05) is 18.5 Å². The smallest absolute Gasteiger partial charge is 0.264 e. The molecule has 0 aliphatic rings. The van der Waals surface area contributed by atoms with Gasteiger partial charge in [0, 0.05) is 16.9 Å². The van der Waals surface area contributed by atoms with Crippen molar-refractivity contribution in [1.82, 2.24) is 24.6 Å². The topological polar surface area (TPSA) is 156 Å². The summed E-state index contributed by atoms with van der Waals surface area (Å²) >= 11 is 0. The second-order valence-corrected chi connectivity index (χ2v) is 11.0. The number of carbonyl (C=O) groups excluding carboxylic acids is 1. The molecule has 12 heteroatoms. The minimum Gasteiger partial charge on any atom is -0.369 e. The van der Waals surface area contributed by atoms with Crippen LogP contribution in [0.5, 0.6) is 0 Å². The van der Waals surface area contributed by atoms with Gasteiger partial charge < -0.3 is 11.1 Å². The van der Waals surface area contributed by atoms with Gasteiger partial charge in [0.15, 0.2) is 5.56 Å². The molecule has 0 saturated heterocycles. The number of nitrogen functional groups attached to an aromatic ring is 1. The molecule has 202 valence electrons. The number of sulfonamides is 1. The van der Waals surface area contributed by atoms with Gasteiger partial charge in [-0.15, -0.1) is 0 Å². The zero-order valence-corrected chi connectivity index (χ0v) is 22.5. The second kappa shape index (κ2) is 10.6. The maximum Gasteiger partial charge on any atom is 0.264 e. The summed E-state index contributed by atoms with van der Waals surface area (Å²) in [6.07, 6.45) is 5.95. The van der Waals surface area contributed by atoms with Crippen molar-refractivity contribution in [2.45, 2.75) is 13.0 Å². The second-order valence-electron chi connectivity index (χ2n) is 9.13. The van der Waals surface area contributed by atoms with E-state index in [4.69, 9.17) is 5.73 Å². The minimum atomic E-state index is -3.40. The molecular formula is C28H26N7O4S+. The third kappa shape index (κ3) is 5.28. The highest BCUT2D eigenvalue weighted by Crippen LogP contribution is 2.24. The summed E-state index contributed by atoms with van der Waals surface area (Å²) in [5.41, 5.74) is 8.02. The number of anilines is 1. The van der Waals surface area contributed by atoms with Crippen LogP contribution in [-0.4, -0.2) is 41.7 Å². The van der Waals surface area contributed by atoms with Gasteiger partial charge in [0.1, 0.15) is 6.20 Å². The number of amides is 1. The molecule has 5 N–H and O–H groups in total. The molecule has 5 aromatic rings. The van der Waals surface area contributed by atoms with Crippen LogP contribution in [0.3, 0.4) is 0 Å². The number of aromatic nitrogens is 4. The number of hydrogen-bond donors (Lipinski definition) is 4. The Hall–Kier alpha value is -4.99. The van der Waals surface area contributed by atoms with Crippen molar-refractivity contribution >= 4 is 38.2 Å². The molecule has 0 fully saturated rings. The first-order chi connectivity index (χ1) is 19.1. The molecule has 1 atom stereocenters. The number of nitrogens with zero attached hydrogens (tertiary/aromatic N) is 3. The number of nitrogens with two attached hydrogens (primary N) is 1. The van der Waals surface area contributed by atoms with E-state index in [2.05, 4.69) is 31.8 Å². The Morgan fingerprint density at radius 1 is 1.20 bits per heavy atom. The first kappa shape index (κ1) is 26.6. The van der Waals surface area contributed by atoms with Crippen molar-refractivity contribution in [2.24, 2.45) is 0 Å². The lowest BCUT2D eigenvalue weighted by atomic mass is 10.0. The SMILES string of the molecule is CC(NC(=O)c1c(N)nc[n+]2cc[nH]c12)c1cc2cccc(C#CCNS(C)(=O)=O)c2c(=O)n1-c1ccccc1. The lowest BCUT2D eigenvalue weighted by molar-refractivity contribution is -0.513. The molecule has 40 heavy (non-hydrogen) atoms. The van der Waals surface area contributed by atoms with Crippen LogP contribution < -0.4 is 25.7 Å². The minimum absolute atomic E-state index is 0.0692. The molecule has 0 aliphatic heterocycles. The highest BCUT2D eigenvalue weighted by atomic mass is 32.2. The highest BCUT2D eigenvalue weighted by Gasteiger charge is 2.25. The lowest BCUT2D eigenvalue weighted by Crippen LogP contribution is -2.34. The molecule has 5 rings (SSSR count). The monoisotopic (exact) mass is 556 g/mol. The van der Waals surface area contributed by atoms with Crippen LogP contribution in [-0.2, 0) is 10.0 Å². The fourth-order valence-electron chi connectivity index (χ4n) is 4.47. The Morgan fingerprint density at radius 2 is 1.98 bits per heavy atom. The van der Waals surface area contributed by atoms with Crippen LogP contribution in [0.25, 0.3) is 22.1 Å². The number of benzene rings is 2. The van der Waals surface area contributed by atoms with Crippen LogP contribution in [0.2, 0.25) is 0 Å². The number of para-hydroxylation sites is 1. The number of hydrogen-bond acceptors (Lipinski definition) is 6. The van der Waals surface area contributed by atoms with Crippen LogP contribution in [0.4, 0.5) is 5.82 Å². The normalized spacial score (nSPS) is 12.2. The number of fused-ring (bicyclic) bond motifs is 2. The van der Waals surface area contributed by atoms with Crippen molar-refractivity contribution in [3.05, 3.63) is 100 Å². The summed E-state index contributed by atoms with van der Waals surface area (Å²) in [6, 6.07) is 15.6. The summed E-state index contributed by atoms with van der Waals surface area (Å²) in [5.74, 6) is 5.30. The van der Waals surface area contributed by atoms with Crippen molar-refractivity contribution in [3.63, 3.8) is 0 Å².